The number of halogens is 18. The van der Waals surface area contributed by atoms with E-state index in [1.165, 1.54) is 0 Å². The number of hydrogen-bond acceptors (Lipinski definition) is 2. The molecule has 0 saturated heterocycles. The van der Waals surface area contributed by atoms with Crippen LogP contribution in [0.1, 0.15) is 0 Å². The highest BCUT2D eigenvalue weighted by molar-refractivity contribution is 7.35. The van der Waals surface area contributed by atoms with Crippen molar-refractivity contribution in [1.82, 2.24) is 0 Å². The number of rotatable bonds is 11. The van der Waals surface area contributed by atoms with Crippen LogP contribution in [0.15, 0.2) is 0 Å². The van der Waals surface area contributed by atoms with Gasteiger partial charge in [-0.1, -0.05) is 0 Å². The van der Waals surface area contributed by atoms with Gasteiger partial charge in [-0.25, -0.2) is 0 Å². The van der Waals surface area contributed by atoms with E-state index in [9.17, 15) is 79.0 Å². The summed E-state index contributed by atoms with van der Waals surface area (Å²) in [6.45, 7) is -3.18. The molecule has 0 rings (SSSR count). The van der Waals surface area contributed by atoms with E-state index in [0.717, 1.165) is 0 Å². The average Bonchev–Trinajstić information content (AvgIpc) is 2.62. The van der Waals surface area contributed by atoms with Gasteiger partial charge in [0.05, 0.1) is 0 Å². The molecule has 218 valence electrons. The molecule has 0 aliphatic carbocycles. The summed E-state index contributed by atoms with van der Waals surface area (Å²) in [5, 5.41) is 0. The lowest BCUT2D eigenvalue weighted by molar-refractivity contribution is -0.398. The highest BCUT2D eigenvalue weighted by Gasteiger charge is 2.83. The average molecular weight is 614 g/mol. The molecule has 0 N–H and O–H groups in total. The first-order valence-electron chi connectivity index (χ1n) is 8.84. The summed E-state index contributed by atoms with van der Waals surface area (Å²) in [4.78, 5) is 0. The van der Waals surface area contributed by atoms with E-state index >= 15 is 0 Å². The molecule has 0 aliphatic heterocycles. The third-order valence-corrected chi connectivity index (χ3v) is 19.3. The van der Waals surface area contributed by atoms with E-state index in [1.807, 2.05) is 0 Å². The molecular formula is C14H16F18O2Si2. The summed E-state index contributed by atoms with van der Waals surface area (Å²) in [5.41, 5.74) is 0. The molecule has 0 fully saturated rings. The maximum absolute atomic E-state index is 13.7. The normalized spacial score (nSPS) is 16.5. The zero-order valence-corrected chi connectivity index (χ0v) is 20.0. The SMILES string of the molecule is C[Si](C)(OCC(F)(F)C(F)(F)C(F)(F)C(F)(F)F)[Si](C)(C)OCC(F)(F)C(F)(F)C(F)(F)C(F)(F)F. The Kier molecular flexibility index (Phi) is 9.14. The first kappa shape index (κ1) is 35.1. The van der Waals surface area contributed by atoms with Gasteiger partial charge in [0.25, 0.3) is 0 Å². The third kappa shape index (κ3) is 5.89. The molecule has 0 unspecified atom stereocenters. The van der Waals surface area contributed by atoms with Crippen LogP contribution in [0.3, 0.4) is 0 Å². The highest BCUT2D eigenvalue weighted by atomic mass is 29.3. The van der Waals surface area contributed by atoms with Crippen molar-refractivity contribution in [2.24, 2.45) is 0 Å². The standard InChI is InChI=1S/C14H16F18O2Si2/c1-35(2,33-5-7(15,16)9(19,20)11(23,24)13(27,28)29)36(3,4)34-6-8(17,18)10(21,22)12(25,26)14(30,31)32/h5-6H2,1-4H3. The van der Waals surface area contributed by atoms with Crippen molar-refractivity contribution < 1.29 is 87.9 Å². The first-order valence-corrected chi connectivity index (χ1v) is 15.7. The largest absolute Gasteiger partial charge is 0.460 e. The van der Waals surface area contributed by atoms with Crippen molar-refractivity contribution in [1.29, 1.82) is 0 Å². The van der Waals surface area contributed by atoms with Crippen LogP contribution >= 0.6 is 0 Å². The van der Waals surface area contributed by atoms with Crippen LogP contribution < -0.4 is 0 Å². The molecule has 0 bridgehead atoms. The predicted molar refractivity (Wildman–Crippen MR) is 88.7 cm³/mol. The molecule has 0 aromatic carbocycles. The second-order valence-electron chi connectivity index (χ2n) is 8.30. The molecule has 0 radical (unpaired) electrons. The zero-order valence-electron chi connectivity index (χ0n) is 18.0. The van der Waals surface area contributed by atoms with Crippen molar-refractivity contribution in [2.45, 2.75) is 74.1 Å². The van der Waals surface area contributed by atoms with Gasteiger partial charge in [-0.15, -0.1) is 0 Å². The maximum Gasteiger partial charge on any atom is 0.460 e. The minimum absolute atomic E-state index is 0.649. The Hall–Kier alpha value is -0.906. The van der Waals surface area contributed by atoms with Crippen LogP contribution in [-0.4, -0.2) is 76.8 Å². The molecule has 0 spiro atoms. The van der Waals surface area contributed by atoms with Gasteiger partial charge in [0.2, 0.25) is 15.7 Å². The van der Waals surface area contributed by atoms with Crippen molar-refractivity contribution in [3.63, 3.8) is 0 Å². The van der Waals surface area contributed by atoms with Crippen LogP contribution in [0.5, 0.6) is 0 Å². The van der Waals surface area contributed by atoms with Crippen LogP contribution in [-0.2, 0) is 8.85 Å². The van der Waals surface area contributed by atoms with Crippen molar-refractivity contribution in [3.8, 4) is 0 Å². The lowest BCUT2D eigenvalue weighted by atomic mass is 10.1. The second-order valence-corrected chi connectivity index (χ2v) is 22.1. The fourth-order valence-corrected chi connectivity index (χ4v) is 6.18. The first-order chi connectivity index (χ1) is 15.2. The summed E-state index contributed by atoms with van der Waals surface area (Å²) in [6.07, 6.45) is -14.3. The van der Waals surface area contributed by atoms with Gasteiger partial charge in [0, 0.05) is 0 Å². The van der Waals surface area contributed by atoms with Gasteiger partial charge in [0.15, 0.2) is 0 Å². The number of hydrogen-bond donors (Lipinski definition) is 0. The fraction of sp³-hybridized carbons (Fsp3) is 1.00. The topological polar surface area (TPSA) is 18.5 Å². The molecule has 0 heterocycles. The molecule has 0 aromatic heterocycles. The molecule has 0 aromatic rings. The zero-order chi connectivity index (χ0) is 29.8. The highest BCUT2D eigenvalue weighted by Crippen LogP contribution is 2.54. The van der Waals surface area contributed by atoms with Gasteiger partial charge < -0.3 is 8.85 Å². The predicted octanol–water partition coefficient (Wildman–Crippen LogP) is 7.44. The lowest BCUT2D eigenvalue weighted by Gasteiger charge is -2.41. The van der Waals surface area contributed by atoms with Crippen LogP contribution in [0, 0.1) is 0 Å². The Labute approximate surface area is 191 Å². The fourth-order valence-electron chi connectivity index (χ4n) is 1.89. The monoisotopic (exact) mass is 614 g/mol. The van der Waals surface area contributed by atoms with Gasteiger partial charge in [-0.3, -0.25) is 0 Å². The van der Waals surface area contributed by atoms with E-state index in [2.05, 4.69) is 8.85 Å². The number of alkyl halides is 18. The third-order valence-electron chi connectivity index (χ3n) is 5.10. The van der Waals surface area contributed by atoms with E-state index in [-0.39, 0.29) is 0 Å². The molecule has 36 heavy (non-hydrogen) atoms. The summed E-state index contributed by atoms with van der Waals surface area (Å²) in [7, 11) is -8.75. The molecule has 22 heteroatoms. The van der Waals surface area contributed by atoms with Crippen LogP contribution in [0.4, 0.5) is 79.0 Å². The quantitative estimate of drug-likeness (QED) is 0.178. The molecule has 0 atom stereocenters. The summed E-state index contributed by atoms with van der Waals surface area (Å²) >= 11 is 0. The van der Waals surface area contributed by atoms with Gasteiger partial charge in [0.1, 0.15) is 13.2 Å². The van der Waals surface area contributed by atoms with E-state index in [4.69, 9.17) is 0 Å². The summed E-state index contributed by atoms with van der Waals surface area (Å²) in [5.74, 6) is -41.3. The van der Waals surface area contributed by atoms with Crippen molar-refractivity contribution >= 4 is 15.7 Å². The Morgan fingerprint density at radius 2 is 0.583 bits per heavy atom. The minimum Gasteiger partial charge on any atom is -0.411 e. The van der Waals surface area contributed by atoms with Gasteiger partial charge in [-0.2, -0.15) is 79.0 Å². The smallest absolute Gasteiger partial charge is 0.411 e. The van der Waals surface area contributed by atoms with Crippen LogP contribution in [0.25, 0.3) is 0 Å². The molecule has 0 amide bonds. The Bertz CT molecular complexity index is 707. The molecule has 0 aliphatic rings. The van der Waals surface area contributed by atoms with Gasteiger partial charge in [-0.05, 0) is 26.2 Å². The molecule has 0 saturated carbocycles. The van der Waals surface area contributed by atoms with E-state index < -0.39 is 76.8 Å². The van der Waals surface area contributed by atoms with Crippen molar-refractivity contribution in [3.05, 3.63) is 0 Å². The minimum atomic E-state index is -7.28. The summed E-state index contributed by atoms with van der Waals surface area (Å²) in [6, 6.07) is 0. The Morgan fingerprint density at radius 1 is 0.389 bits per heavy atom. The molecule has 2 nitrogen and oxygen atoms in total. The van der Waals surface area contributed by atoms with E-state index in [0.29, 0.717) is 26.2 Å². The van der Waals surface area contributed by atoms with Gasteiger partial charge >= 0.3 is 47.9 Å². The Balaban J connectivity index is 5.79. The Morgan fingerprint density at radius 3 is 0.750 bits per heavy atom. The lowest BCUT2D eigenvalue weighted by Crippen LogP contribution is -2.66. The molecular weight excluding hydrogens is 598 g/mol. The summed E-state index contributed by atoms with van der Waals surface area (Å²) < 4.78 is 241. The van der Waals surface area contributed by atoms with Crippen molar-refractivity contribution in [2.75, 3.05) is 13.2 Å². The van der Waals surface area contributed by atoms with Crippen LogP contribution in [0.2, 0.25) is 26.2 Å². The van der Waals surface area contributed by atoms with E-state index in [1.54, 1.807) is 0 Å². The second kappa shape index (κ2) is 9.38. The maximum atomic E-state index is 13.7.